The van der Waals surface area contributed by atoms with Gasteiger partial charge in [0.05, 0.1) is 19.3 Å². The second-order valence-electron chi connectivity index (χ2n) is 16.5. The summed E-state index contributed by atoms with van der Waals surface area (Å²) >= 11 is 0. The summed E-state index contributed by atoms with van der Waals surface area (Å²) < 4.78 is 44.4. The number of fused-ring (bicyclic) bond motifs is 1. The van der Waals surface area contributed by atoms with Crippen molar-refractivity contribution in [3.8, 4) is 11.6 Å². The molecule has 1 aromatic heterocycles. The van der Waals surface area contributed by atoms with Gasteiger partial charge in [-0.25, -0.2) is 18.7 Å². The lowest BCUT2D eigenvalue weighted by molar-refractivity contribution is -0.142. The van der Waals surface area contributed by atoms with E-state index in [0.717, 1.165) is 5.39 Å². The zero-order chi connectivity index (χ0) is 38.4. The molecule has 5 atom stereocenters. The first-order chi connectivity index (χ1) is 24.1. The molecule has 16 heteroatoms. The number of amides is 5. The molecule has 2 aromatic rings. The molecule has 0 spiro atoms. The minimum Gasteiger partial charge on any atom is -0.497 e. The Morgan fingerprint density at radius 1 is 1.08 bits per heavy atom. The maximum Gasteiger partial charge on any atom is 0.362 e. The molecule has 4 N–H and O–H groups in total. The van der Waals surface area contributed by atoms with Crippen LogP contribution in [0.3, 0.4) is 0 Å². The molecule has 5 amide bonds. The van der Waals surface area contributed by atoms with Gasteiger partial charge >= 0.3 is 16.3 Å². The number of methoxy groups -OCH3 is 1. The standard InChI is InChI=1S/C36H52N6O9S/c1-10-22-19-36(22,31(45)41-52(47,48)51-35(8)14-15-35)39-28(43)26-18-24(50-29-25-12-11-23(49-9)17-21(25)13-16-37-29)20-42(26)30(44)27(33(2,3)4)38-32(46)40-34(5,6)7/h11-13,16-17,22,24,26-27H,10,14-15,18-20H2,1-9H3,(H,39,43)(H,41,45)(H2,38,40,46)/t22?,24-,26+,27-,36-/m1/s1. The zero-order valence-electron chi connectivity index (χ0n) is 31.4. The Bertz CT molecular complexity index is 1840. The second-order valence-corrected chi connectivity index (χ2v) is 17.8. The van der Waals surface area contributed by atoms with Gasteiger partial charge in [-0.15, -0.1) is 0 Å². The van der Waals surface area contributed by atoms with Gasteiger partial charge in [0, 0.05) is 23.5 Å². The number of carbonyl (C=O) groups excluding carboxylic acids is 4. The van der Waals surface area contributed by atoms with Gasteiger partial charge in [-0.2, -0.15) is 8.42 Å². The molecule has 286 valence electrons. The van der Waals surface area contributed by atoms with Crippen LogP contribution >= 0.6 is 0 Å². The van der Waals surface area contributed by atoms with Crippen molar-refractivity contribution in [3.63, 3.8) is 0 Å². The van der Waals surface area contributed by atoms with Crippen LogP contribution in [0.4, 0.5) is 4.79 Å². The van der Waals surface area contributed by atoms with Crippen LogP contribution in [0.2, 0.25) is 0 Å². The third-order valence-corrected chi connectivity index (χ3v) is 10.8. The molecular weight excluding hydrogens is 692 g/mol. The summed E-state index contributed by atoms with van der Waals surface area (Å²) in [5.74, 6) is -1.47. The van der Waals surface area contributed by atoms with Gasteiger partial charge in [-0.1, -0.05) is 34.1 Å². The summed E-state index contributed by atoms with van der Waals surface area (Å²) in [6.07, 6.45) is 2.70. The van der Waals surface area contributed by atoms with Crippen molar-refractivity contribution < 1.29 is 41.3 Å². The summed E-state index contributed by atoms with van der Waals surface area (Å²) in [4.78, 5) is 61.2. The zero-order valence-corrected chi connectivity index (χ0v) is 32.2. The molecule has 5 rings (SSSR count). The Balaban J connectivity index is 1.43. The summed E-state index contributed by atoms with van der Waals surface area (Å²) in [6.45, 7) is 14.3. The van der Waals surface area contributed by atoms with E-state index in [4.69, 9.17) is 13.7 Å². The molecule has 2 heterocycles. The number of aromatic nitrogens is 1. The Kier molecular flexibility index (Phi) is 10.5. The highest BCUT2D eigenvalue weighted by atomic mass is 32.2. The Morgan fingerprint density at radius 2 is 1.77 bits per heavy atom. The highest BCUT2D eigenvalue weighted by molar-refractivity contribution is 7.85. The number of rotatable bonds is 12. The van der Waals surface area contributed by atoms with Crippen LogP contribution < -0.4 is 30.1 Å². The molecule has 3 aliphatic rings. The molecule has 2 saturated carbocycles. The molecule has 2 aliphatic carbocycles. The molecule has 0 bridgehead atoms. The Hall–Kier alpha value is -4.18. The first-order valence-corrected chi connectivity index (χ1v) is 19.1. The first-order valence-electron chi connectivity index (χ1n) is 17.7. The van der Waals surface area contributed by atoms with E-state index in [-0.39, 0.29) is 25.3 Å². The predicted octanol–water partition coefficient (Wildman–Crippen LogP) is 3.32. The van der Waals surface area contributed by atoms with Crippen LogP contribution in [-0.2, 0) is 28.9 Å². The molecular formula is C36H52N6O9S. The van der Waals surface area contributed by atoms with Gasteiger partial charge in [-0.3, -0.25) is 14.4 Å². The highest BCUT2D eigenvalue weighted by Crippen LogP contribution is 2.47. The Morgan fingerprint density at radius 3 is 2.35 bits per heavy atom. The van der Waals surface area contributed by atoms with Crippen LogP contribution in [0.15, 0.2) is 30.5 Å². The van der Waals surface area contributed by atoms with Gasteiger partial charge in [0.25, 0.3) is 5.91 Å². The van der Waals surface area contributed by atoms with E-state index < -0.39 is 74.3 Å². The van der Waals surface area contributed by atoms with Crippen molar-refractivity contribution in [2.24, 2.45) is 11.3 Å². The minimum absolute atomic E-state index is 0.0303. The van der Waals surface area contributed by atoms with Crippen LogP contribution in [0, 0.1) is 11.3 Å². The van der Waals surface area contributed by atoms with Gasteiger partial charge in [0.15, 0.2) is 0 Å². The fraction of sp³-hybridized carbons (Fsp3) is 0.639. The van der Waals surface area contributed by atoms with Crippen LogP contribution in [0.25, 0.3) is 10.8 Å². The average Bonchev–Trinajstić information content (AvgIpc) is 3.90. The largest absolute Gasteiger partial charge is 0.497 e. The van der Waals surface area contributed by atoms with Crippen molar-refractivity contribution in [1.29, 1.82) is 0 Å². The molecule has 15 nitrogen and oxygen atoms in total. The molecule has 1 aliphatic heterocycles. The van der Waals surface area contributed by atoms with E-state index in [9.17, 15) is 27.6 Å². The minimum atomic E-state index is -4.44. The monoisotopic (exact) mass is 744 g/mol. The van der Waals surface area contributed by atoms with Gasteiger partial charge in [-0.05, 0) is 87.9 Å². The number of nitrogens with zero attached hydrogens (tertiary/aromatic N) is 2. The molecule has 1 unspecified atom stereocenters. The lowest BCUT2D eigenvalue weighted by Crippen LogP contribution is -2.61. The first kappa shape index (κ1) is 39.0. The summed E-state index contributed by atoms with van der Waals surface area (Å²) in [6, 6.07) is 4.51. The smallest absolute Gasteiger partial charge is 0.362 e. The number of benzene rings is 1. The summed E-state index contributed by atoms with van der Waals surface area (Å²) in [5.41, 5.74) is -3.74. The fourth-order valence-electron chi connectivity index (χ4n) is 6.57. The second kappa shape index (κ2) is 14.0. The maximum atomic E-state index is 14.5. The number of hydrogen-bond acceptors (Lipinski definition) is 10. The SMILES string of the molecule is CCC1C[C@]1(NC(=O)[C@@H]1C[C@@H](Oc2nccc3cc(OC)ccc23)CN1C(=O)[C@@H](NC(=O)NC(C)(C)C)C(C)(C)C)C(=O)NS(=O)(=O)OC1(C)CC1. The number of carbonyl (C=O) groups is 4. The fourth-order valence-corrected chi connectivity index (χ4v) is 7.71. The van der Waals surface area contributed by atoms with E-state index in [1.807, 2.05) is 50.6 Å². The number of pyridine rings is 1. The van der Waals surface area contributed by atoms with Crippen molar-refractivity contribution in [3.05, 3.63) is 30.5 Å². The topological polar surface area (TPSA) is 194 Å². The van der Waals surface area contributed by atoms with E-state index in [1.165, 1.54) is 4.90 Å². The van der Waals surface area contributed by atoms with Crippen LogP contribution in [-0.4, -0.2) is 90.6 Å². The van der Waals surface area contributed by atoms with E-state index in [0.29, 0.717) is 36.3 Å². The number of hydrogen-bond donors (Lipinski definition) is 4. The number of nitrogens with one attached hydrogen (secondary N) is 4. The average molecular weight is 745 g/mol. The van der Waals surface area contributed by atoms with Gasteiger partial charge in [0.1, 0.15) is 29.5 Å². The lowest BCUT2D eigenvalue weighted by atomic mass is 9.85. The van der Waals surface area contributed by atoms with E-state index in [1.54, 1.807) is 47.1 Å². The maximum absolute atomic E-state index is 14.5. The van der Waals surface area contributed by atoms with Crippen LogP contribution in [0.1, 0.15) is 87.5 Å². The third kappa shape index (κ3) is 8.88. The van der Waals surface area contributed by atoms with Crippen molar-refractivity contribution >= 4 is 44.8 Å². The molecule has 3 fully saturated rings. The number of urea groups is 1. The normalized spacial score (nSPS) is 24.4. The molecule has 0 radical (unpaired) electrons. The van der Waals surface area contributed by atoms with Crippen LogP contribution in [0.5, 0.6) is 11.6 Å². The lowest BCUT2D eigenvalue weighted by Gasteiger charge is -2.36. The Labute approximate surface area is 305 Å². The van der Waals surface area contributed by atoms with Crippen molar-refractivity contribution in [1.82, 2.24) is 30.6 Å². The molecule has 1 aromatic carbocycles. The number of likely N-dealkylation sites (tertiary alicyclic amines) is 1. The van der Waals surface area contributed by atoms with Crippen molar-refractivity contribution in [2.75, 3.05) is 13.7 Å². The van der Waals surface area contributed by atoms with Gasteiger partial charge < -0.3 is 30.3 Å². The van der Waals surface area contributed by atoms with E-state index in [2.05, 4.69) is 20.9 Å². The predicted molar refractivity (Wildman–Crippen MR) is 193 cm³/mol. The van der Waals surface area contributed by atoms with Gasteiger partial charge in [0.2, 0.25) is 17.7 Å². The molecule has 1 saturated heterocycles. The van der Waals surface area contributed by atoms with Crippen molar-refractivity contribution in [2.45, 2.75) is 122 Å². The summed E-state index contributed by atoms with van der Waals surface area (Å²) in [5, 5.41) is 9.97. The third-order valence-electron chi connectivity index (χ3n) is 9.77. The summed E-state index contributed by atoms with van der Waals surface area (Å²) in [7, 11) is -2.87. The quantitative estimate of drug-likeness (QED) is 0.251. The highest BCUT2D eigenvalue weighted by Gasteiger charge is 2.62. The molecule has 52 heavy (non-hydrogen) atoms. The van der Waals surface area contributed by atoms with E-state index >= 15 is 0 Å². The number of ether oxygens (including phenoxy) is 2.